The van der Waals surface area contributed by atoms with Crippen LogP contribution in [-0.4, -0.2) is 40.7 Å². The molecule has 16 nitrogen and oxygen atoms in total. The van der Waals surface area contributed by atoms with Crippen LogP contribution in [0.25, 0.3) is 0 Å². The monoisotopic (exact) mass is 920 g/mol. The number of nitrogens with two attached hydrogens (primary N) is 1. The van der Waals surface area contributed by atoms with E-state index in [1.54, 1.807) is 6.92 Å². The zero-order valence-electron chi connectivity index (χ0n) is 37.4. The first-order chi connectivity index (χ1) is 32.9. The Hall–Kier alpha value is -11.3. The highest BCUT2D eigenvalue weighted by atomic mass is 16.7. The molecule has 0 aliphatic carbocycles. The first kappa shape index (κ1) is 57.7. The second-order valence-corrected chi connectivity index (χ2v) is 11.3. The van der Waals surface area contributed by atoms with Crippen molar-refractivity contribution in [2.75, 3.05) is 5.73 Å². The van der Waals surface area contributed by atoms with Gasteiger partial charge < -0.3 is 34.2 Å². The maximum absolute atomic E-state index is 11.1. The van der Waals surface area contributed by atoms with Gasteiger partial charge in [-0.3, -0.25) is 38.9 Å². The summed E-state index contributed by atoms with van der Waals surface area (Å²) in [4.78, 5) is 76.6. The van der Waals surface area contributed by atoms with Crippen LogP contribution in [0.3, 0.4) is 0 Å². The third-order valence-corrected chi connectivity index (χ3v) is 5.92. The van der Waals surface area contributed by atoms with E-state index in [1.165, 1.54) is 25.1 Å². The predicted molar refractivity (Wildman–Crippen MR) is 247 cm³/mol. The lowest BCUT2D eigenvalue weighted by Gasteiger charge is -2.19. The Balaban J connectivity index is 0.00000102. The van der Waals surface area contributed by atoms with Gasteiger partial charge in [0.05, 0.1) is 16.1 Å². The number of hydrogen-bond donors (Lipinski definition) is 1. The molecule has 0 atom stereocenters. The summed E-state index contributed by atoms with van der Waals surface area (Å²) < 4.78 is 29.3. The normalized spacial score (nSPS) is 7.59. The number of nitrogen functional groups attached to an aromatic ring is 1. The van der Waals surface area contributed by atoms with E-state index in [4.69, 9.17) is 40.6 Å². The summed E-state index contributed by atoms with van der Waals surface area (Å²) in [6.07, 6.45) is 2.02. The van der Waals surface area contributed by atoms with Crippen molar-refractivity contribution in [3.05, 3.63) is 57.6 Å². The lowest BCUT2D eigenvalue weighted by atomic mass is 10.1. The number of anilines is 1. The van der Waals surface area contributed by atoms with E-state index in [9.17, 15) is 38.9 Å². The Morgan fingerprint density at radius 1 is 0.478 bits per heavy atom. The van der Waals surface area contributed by atoms with Gasteiger partial charge in [0.15, 0.2) is 0 Å². The molecule has 2 aromatic rings. The van der Waals surface area contributed by atoms with Crippen molar-refractivity contribution < 1.29 is 62.1 Å². The number of nitrogens with zero attached hydrogens (tertiary/aromatic N) is 1. The summed E-state index contributed by atoms with van der Waals surface area (Å²) in [5.74, 6) is 57.7. The zero-order chi connectivity index (χ0) is 51.8. The molecule has 69 heavy (non-hydrogen) atoms. The number of carbonyl (C=O) groups excluding carboxylic acids is 6. The first-order valence-electron chi connectivity index (χ1n) is 18.5. The van der Waals surface area contributed by atoms with Crippen molar-refractivity contribution in [2.45, 2.75) is 61.0 Å². The van der Waals surface area contributed by atoms with E-state index < -0.39 is 53.3 Å². The summed E-state index contributed by atoms with van der Waals surface area (Å²) in [5, 5.41) is 10.8. The minimum absolute atomic E-state index is 0.0965. The van der Waals surface area contributed by atoms with E-state index in [0.717, 1.165) is 52.8 Å². The van der Waals surface area contributed by atoms with Crippen LogP contribution in [0.1, 0.15) is 72.2 Å². The molecule has 0 spiro atoms. The van der Waals surface area contributed by atoms with Gasteiger partial charge in [-0.25, -0.2) is 0 Å². The van der Waals surface area contributed by atoms with Gasteiger partial charge in [-0.15, -0.1) is 6.42 Å². The standard InChI is InChI=1S/C27H4.C13H13NO8.C13H15NO6/c1-3-5-7-9-11-13-15-17-19-21-23-25-27-26-24-22-20-18-16-14-12-10-8-6-4-2;1-7(15)20-12-5-4-10(14(18)19)6-11(12)13(21-8(2)16)22-9(3)17;1-7(15)18-12-5-4-10(14)6-11(12)13(19-8(2)16)20-9(3)17/h1H,2H3;4-6,13H,1-3H3;4-6,13H,14H2,1-3H3. The number of nitro benzene ring substituents is 1. The predicted octanol–water partition coefficient (Wildman–Crippen LogP) is 3.64. The quantitative estimate of drug-likeness (QED) is 0.0721. The van der Waals surface area contributed by atoms with Crippen molar-refractivity contribution in [2.24, 2.45) is 0 Å². The number of benzene rings is 2. The molecule has 338 valence electrons. The van der Waals surface area contributed by atoms with Crippen LogP contribution in [0.5, 0.6) is 11.5 Å². The number of rotatable bonds is 9. The van der Waals surface area contributed by atoms with Gasteiger partial charge in [-0.1, -0.05) is 5.92 Å². The van der Waals surface area contributed by atoms with E-state index in [0.29, 0.717) is 5.69 Å². The Labute approximate surface area is 398 Å². The number of ether oxygens (including phenoxy) is 6. The number of carbonyl (C=O) groups is 6. The first-order valence-corrected chi connectivity index (χ1v) is 18.5. The molecule has 0 fully saturated rings. The molecule has 2 aromatic carbocycles. The average Bonchev–Trinajstić information content (AvgIpc) is 3.26. The molecule has 0 radical (unpaired) electrons. The maximum Gasteiger partial charge on any atom is 0.308 e. The number of hydrogen-bond acceptors (Lipinski definition) is 15. The fourth-order valence-corrected chi connectivity index (χ4v) is 3.74. The van der Waals surface area contributed by atoms with Crippen molar-refractivity contribution in [1.29, 1.82) is 0 Å². The van der Waals surface area contributed by atoms with Crippen LogP contribution in [0.15, 0.2) is 36.4 Å². The molecule has 0 aromatic heterocycles. The lowest BCUT2D eigenvalue weighted by Crippen LogP contribution is -2.17. The van der Waals surface area contributed by atoms with Crippen molar-refractivity contribution in [1.82, 2.24) is 0 Å². The number of nitro groups is 1. The Morgan fingerprint density at radius 3 is 1.04 bits per heavy atom. The summed E-state index contributed by atoms with van der Waals surface area (Å²) in [7, 11) is 0. The summed E-state index contributed by atoms with van der Waals surface area (Å²) in [6, 6.07) is 7.56. The van der Waals surface area contributed by atoms with Crippen LogP contribution in [0, 0.1) is 165 Å². The van der Waals surface area contributed by atoms with E-state index in [2.05, 4.69) is 148 Å². The fraction of sp³-hybridized carbons (Fsp3) is 0.170. The molecule has 16 heteroatoms. The minimum Gasteiger partial charge on any atom is -0.426 e. The second-order valence-electron chi connectivity index (χ2n) is 11.3. The molecule has 2 rings (SSSR count). The van der Waals surface area contributed by atoms with E-state index in [1.807, 2.05) is 0 Å². The van der Waals surface area contributed by atoms with E-state index in [-0.39, 0.29) is 28.3 Å². The van der Waals surface area contributed by atoms with Crippen LogP contribution in [-0.2, 0) is 47.7 Å². The molecule has 0 bridgehead atoms. The molecular weight excluding hydrogens is 889 g/mol. The number of esters is 6. The van der Waals surface area contributed by atoms with Crippen LogP contribution >= 0.6 is 0 Å². The minimum atomic E-state index is -1.57. The van der Waals surface area contributed by atoms with Crippen LogP contribution in [0.2, 0.25) is 0 Å². The third-order valence-electron chi connectivity index (χ3n) is 5.92. The van der Waals surface area contributed by atoms with Gasteiger partial charge in [-0.05, 0) is 126 Å². The zero-order valence-corrected chi connectivity index (χ0v) is 37.4. The van der Waals surface area contributed by atoms with Gasteiger partial charge in [-0.2, -0.15) is 0 Å². The molecule has 0 heterocycles. The SMILES string of the molecule is C#CC#CC#CC#CC#CC#CC#CC#CC#CC#CC#CC#CC#CC.CC(=O)Oc1ccc(N)cc1C(OC(C)=O)OC(C)=O.CC(=O)Oc1ccc([N+](=O)[O-])cc1C(OC(C)=O)OC(C)=O. The van der Waals surface area contributed by atoms with Crippen LogP contribution < -0.4 is 15.2 Å². The molecule has 0 aliphatic rings. The Morgan fingerprint density at radius 2 is 0.768 bits per heavy atom. The summed E-state index contributed by atoms with van der Waals surface area (Å²) in [6.45, 7) is 8.49. The molecule has 0 saturated carbocycles. The Bertz CT molecular complexity index is 3160. The molecule has 0 amide bonds. The summed E-state index contributed by atoms with van der Waals surface area (Å²) in [5.41, 5.74) is 5.66. The van der Waals surface area contributed by atoms with Gasteiger partial charge in [0.25, 0.3) is 18.3 Å². The van der Waals surface area contributed by atoms with Gasteiger partial charge in [0, 0.05) is 107 Å². The number of terminal acetylenes is 1. The molecule has 2 N–H and O–H groups in total. The highest BCUT2D eigenvalue weighted by molar-refractivity contribution is 5.73. The van der Waals surface area contributed by atoms with Crippen molar-refractivity contribution in [3.8, 4) is 166 Å². The van der Waals surface area contributed by atoms with E-state index >= 15 is 0 Å². The molecule has 0 aliphatic heterocycles. The van der Waals surface area contributed by atoms with Crippen LogP contribution in [0.4, 0.5) is 11.4 Å². The van der Waals surface area contributed by atoms with Crippen molar-refractivity contribution in [3.63, 3.8) is 0 Å². The van der Waals surface area contributed by atoms with Crippen molar-refractivity contribution >= 4 is 47.2 Å². The average molecular weight is 921 g/mol. The largest absolute Gasteiger partial charge is 0.426 e. The number of non-ortho nitro benzene ring substituents is 1. The maximum atomic E-state index is 11.1. The molecular formula is C53H32N2O14. The Kier molecular flexibility index (Phi) is 29.5. The van der Waals surface area contributed by atoms with Gasteiger partial charge in [0.1, 0.15) is 11.5 Å². The van der Waals surface area contributed by atoms with Gasteiger partial charge in [0.2, 0.25) is 0 Å². The molecule has 0 saturated heterocycles. The highest BCUT2D eigenvalue weighted by Crippen LogP contribution is 2.33. The summed E-state index contributed by atoms with van der Waals surface area (Å²) >= 11 is 0. The van der Waals surface area contributed by atoms with Gasteiger partial charge >= 0.3 is 35.8 Å². The smallest absolute Gasteiger partial charge is 0.308 e. The fourth-order valence-electron chi connectivity index (χ4n) is 3.74. The third kappa shape index (κ3) is 30.4. The topological polar surface area (TPSA) is 227 Å². The highest BCUT2D eigenvalue weighted by Gasteiger charge is 2.26. The second kappa shape index (κ2) is 35.2. The molecule has 0 unspecified atom stereocenters. The lowest BCUT2D eigenvalue weighted by molar-refractivity contribution is -0.385.